The molecule has 0 bridgehead atoms. The van der Waals surface area contributed by atoms with Crippen LogP contribution in [0.15, 0.2) is 36.4 Å². The molecule has 0 spiro atoms. The van der Waals surface area contributed by atoms with Crippen LogP contribution in [0.5, 0.6) is 11.5 Å². The summed E-state index contributed by atoms with van der Waals surface area (Å²) in [6.07, 6.45) is 0. The third kappa shape index (κ3) is 4.90. The Kier molecular flexibility index (Phi) is 5.89. The van der Waals surface area contributed by atoms with Gasteiger partial charge in [0.15, 0.2) is 18.1 Å². The standard InChI is InChI=1S/C17H15F2NO5/c1-23-14-4-3-10(5-15(14)24-2)17(22)25-9-16(21)20-13-7-11(18)6-12(19)8-13/h3-8H,9H2,1-2H3,(H,20,21). The van der Waals surface area contributed by atoms with E-state index >= 15 is 0 Å². The van der Waals surface area contributed by atoms with Gasteiger partial charge in [-0.1, -0.05) is 0 Å². The van der Waals surface area contributed by atoms with E-state index in [1.807, 2.05) is 0 Å². The molecule has 0 aliphatic carbocycles. The average molecular weight is 351 g/mol. The molecule has 2 rings (SSSR count). The predicted molar refractivity (Wildman–Crippen MR) is 84.8 cm³/mol. The van der Waals surface area contributed by atoms with E-state index in [1.54, 1.807) is 0 Å². The molecule has 0 saturated carbocycles. The average Bonchev–Trinajstić information content (AvgIpc) is 2.58. The SMILES string of the molecule is COc1ccc(C(=O)OCC(=O)Nc2cc(F)cc(F)c2)cc1OC. The Labute approximate surface area is 142 Å². The topological polar surface area (TPSA) is 73.9 Å². The molecule has 132 valence electrons. The maximum atomic E-state index is 13.0. The van der Waals surface area contributed by atoms with E-state index in [0.29, 0.717) is 17.6 Å². The zero-order valence-corrected chi connectivity index (χ0v) is 13.5. The Morgan fingerprint density at radius 1 is 0.960 bits per heavy atom. The normalized spacial score (nSPS) is 10.1. The predicted octanol–water partition coefficient (Wildman–Crippen LogP) is 2.78. The van der Waals surface area contributed by atoms with Crippen LogP contribution in [0.3, 0.4) is 0 Å². The number of esters is 1. The van der Waals surface area contributed by atoms with Gasteiger partial charge in [0, 0.05) is 11.8 Å². The molecule has 0 aromatic heterocycles. The molecule has 0 aliphatic rings. The molecule has 25 heavy (non-hydrogen) atoms. The van der Waals surface area contributed by atoms with E-state index < -0.39 is 30.1 Å². The molecular weight excluding hydrogens is 336 g/mol. The maximum absolute atomic E-state index is 13.0. The molecule has 1 amide bonds. The van der Waals surface area contributed by atoms with Crippen LogP contribution in [0.2, 0.25) is 0 Å². The van der Waals surface area contributed by atoms with Crippen LogP contribution < -0.4 is 14.8 Å². The monoisotopic (exact) mass is 351 g/mol. The molecule has 6 nitrogen and oxygen atoms in total. The van der Waals surface area contributed by atoms with Crippen LogP contribution in [0, 0.1) is 11.6 Å². The largest absolute Gasteiger partial charge is 0.493 e. The fourth-order valence-corrected chi connectivity index (χ4v) is 2.00. The highest BCUT2D eigenvalue weighted by Gasteiger charge is 2.14. The number of rotatable bonds is 6. The molecule has 2 aromatic rings. The van der Waals surface area contributed by atoms with E-state index in [4.69, 9.17) is 14.2 Å². The third-order valence-corrected chi connectivity index (χ3v) is 3.10. The van der Waals surface area contributed by atoms with Crippen LogP contribution >= 0.6 is 0 Å². The Morgan fingerprint density at radius 3 is 2.20 bits per heavy atom. The highest BCUT2D eigenvalue weighted by molar-refractivity contribution is 5.95. The summed E-state index contributed by atoms with van der Waals surface area (Å²) in [5.74, 6) is -2.41. The van der Waals surface area contributed by atoms with Crippen LogP contribution in [-0.4, -0.2) is 32.7 Å². The lowest BCUT2D eigenvalue weighted by Crippen LogP contribution is -2.21. The van der Waals surface area contributed by atoms with E-state index in [9.17, 15) is 18.4 Å². The number of hydrogen-bond donors (Lipinski definition) is 1. The molecule has 2 aromatic carbocycles. The van der Waals surface area contributed by atoms with Crippen molar-refractivity contribution >= 4 is 17.6 Å². The summed E-state index contributed by atoms with van der Waals surface area (Å²) in [4.78, 5) is 23.7. The van der Waals surface area contributed by atoms with Gasteiger partial charge >= 0.3 is 5.97 Å². The number of nitrogens with one attached hydrogen (secondary N) is 1. The second-order valence-electron chi connectivity index (χ2n) is 4.85. The van der Waals surface area contributed by atoms with Gasteiger partial charge in [0.25, 0.3) is 5.91 Å². The molecule has 0 atom stereocenters. The third-order valence-electron chi connectivity index (χ3n) is 3.10. The summed E-state index contributed by atoms with van der Waals surface area (Å²) >= 11 is 0. The highest BCUT2D eigenvalue weighted by Crippen LogP contribution is 2.27. The Morgan fingerprint density at radius 2 is 1.60 bits per heavy atom. The molecule has 0 heterocycles. The Hall–Kier alpha value is -3.16. The van der Waals surface area contributed by atoms with Crippen LogP contribution in [0.25, 0.3) is 0 Å². The summed E-state index contributed by atoms with van der Waals surface area (Å²) in [7, 11) is 2.87. The van der Waals surface area contributed by atoms with Crippen LogP contribution in [0.1, 0.15) is 10.4 Å². The lowest BCUT2D eigenvalue weighted by molar-refractivity contribution is -0.119. The van der Waals surface area contributed by atoms with Crippen molar-refractivity contribution < 1.29 is 32.6 Å². The van der Waals surface area contributed by atoms with Crippen molar-refractivity contribution in [2.75, 3.05) is 26.1 Å². The minimum Gasteiger partial charge on any atom is -0.493 e. The molecule has 0 unspecified atom stereocenters. The fourth-order valence-electron chi connectivity index (χ4n) is 2.00. The van der Waals surface area contributed by atoms with Gasteiger partial charge in [-0.05, 0) is 30.3 Å². The Balaban J connectivity index is 1.96. The molecule has 0 aliphatic heterocycles. The lowest BCUT2D eigenvalue weighted by atomic mass is 10.2. The minimum atomic E-state index is -0.836. The molecule has 0 fully saturated rings. The number of carbonyl (C=O) groups is 2. The minimum absolute atomic E-state index is 0.0790. The van der Waals surface area contributed by atoms with E-state index in [2.05, 4.69) is 5.32 Å². The Bertz CT molecular complexity index is 774. The van der Waals surface area contributed by atoms with Gasteiger partial charge in [-0.2, -0.15) is 0 Å². The number of hydrogen-bond acceptors (Lipinski definition) is 5. The van der Waals surface area contributed by atoms with Crippen molar-refractivity contribution in [3.63, 3.8) is 0 Å². The smallest absolute Gasteiger partial charge is 0.338 e. The van der Waals surface area contributed by atoms with Crippen molar-refractivity contribution in [1.29, 1.82) is 0 Å². The van der Waals surface area contributed by atoms with Gasteiger partial charge in [0.05, 0.1) is 19.8 Å². The van der Waals surface area contributed by atoms with E-state index in [0.717, 1.165) is 12.1 Å². The zero-order valence-electron chi connectivity index (χ0n) is 13.5. The maximum Gasteiger partial charge on any atom is 0.338 e. The number of amides is 1. The molecule has 0 saturated heterocycles. The first-order valence-electron chi connectivity index (χ1n) is 7.08. The summed E-state index contributed by atoms with van der Waals surface area (Å²) < 4.78 is 41.1. The summed E-state index contributed by atoms with van der Waals surface area (Å²) in [5.41, 5.74) is 0.0758. The molecule has 1 N–H and O–H groups in total. The summed E-state index contributed by atoms with van der Waals surface area (Å²) in [6.45, 7) is -0.620. The van der Waals surface area contributed by atoms with Crippen molar-refractivity contribution in [3.05, 3.63) is 53.6 Å². The van der Waals surface area contributed by atoms with Gasteiger partial charge in [0.2, 0.25) is 0 Å². The first kappa shape index (κ1) is 18.2. The molecule has 0 radical (unpaired) electrons. The first-order chi connectivity index (χ1) is 11.9. The van der Waals surface area contributed by atoms with Gasteiger partial charge in [0.1, 0.15) is 11.6 Å². The molecule has 8 heteroatoms. The van der Waals surface area contributed by atoms with Crippen molar-refractivity contribution in [3.8, 4) is 11.5 Å². The van der Waals surface area contributed by atoms with Crippen molar-refractivity contribution in [2.24, 2.45) is 0 Å². The fraction of sp³-hybridized carbons (Fsp3) is 0.176. The summed E-state index contributed by atoms with van der Waals surface area (Å²) in [5, 5.41) is 2.23. The van der Waals surface area contributed by atoms with E-state index in [1.165, 1.54) is 32.4 Å². The number of carbonyl (C=O) groups excluding carboxylic acids is 2. The van der Waals surface area contributed by atoms with Gasteiger partial charge in [-0.3, -0.25) is 4.79 Å². The van der Waals surface area contributed by atoms with Crippen molar-refractivity contribution in [2.45, 2.75) is 0 Å². The number of halogens is 2. The number of benzene rings is 2. The highest BCUT2D eigenvalue weighted by atomic mass is 19.1. The first-order valence-corrected chi connectivity index (χ1v) is 7.08. The second-order valence-corrected chi connectivity index (χ2v) is 4.85. The van der Waals surface area contributed by atoms with E-state index in [-0.39, 0.29) is 11.3 Å². The number of anilines is 1. The van der Waals surface area contributed by atoms with Crippen LogP contribution in [0.4, 0.5) is 14.5 Å². The van der Waals surface area contributed by atoms with Crippen LogP contribution in [-0.2, 0) is 9.53 Å². The van der Waals surface area contributed by atoms with Gasteiger partial charge < -0.3 is 19.5 Å². The zero-order chi connectivity index (χ0) is 18.4. The quantitative estimate of drug-likeness (QED) is 0.810. The number of methoxy groups -OCH3 is 2. The second kappa shape index (κ2) is 8.09. The van der Waals surface area contributed by atoms with Gasteiger partial charge in [-0.15, -0.1) is 0 Å². The molecular formula is C17H15F2NO5. The van der Waals surface area contributed by atoms with Gasteiger partial charge in [-0.25, -0.2) is 13.6 Å². The lowest BCUT2D eigenvalue weighted by Gasteiger charge is -2.10. The number of ether oxygens (including phenoxy) is 3. The van der Waals surface area contributed by atoms with Crippen molar-refractivity contribution in [1.82, 2.24) is 0 Å². The summed E-state index contributed by atoms with van der Waals surface area (Å²) in [6, 6.07) is 6.93.